The second-order valence-corrected chi connectivity index (χ2v) is 7.30. The van der Waals surface area contributed by atoms with Gasteiger partial charge in [0.05, 0.1) is 11.4 Å². The van der Waals surface area contributed by atoms with Crippen molar-refractivity contribution in [2.75, 3.05) is 7.11 Å². The van der Waals surface area contributed by atoms with Crippen LogP contribution in [0.1, 0.15) is 5.56 Å². The van der Waals surface area contributed by atoms with Gasteiger partial charge in [-0.1, -0.05) is 17.7 Å². The zero-order chi connectivity index (χ0) is 13.9. The molecular weight excluding hydrogens is 308 g/mol. The third-order valence-electron chi connectivity index (χ3n) is 2.29. The maximum atomic E-state index is 11.9. The van der Waals surface area contributed by atoms with Crippen LogP contribution in [0.2, 0.25) is 4.34 Å². The normalized spacial score (nSPS) is 11.5. The summed E-state index contributed by atoms with van der Waals surface area (Å²) in [5.41, 5.74) is 0.743. The van der Waals surface area contributed by atoms with Crippen molar-refractivity contribution in [3.8, 4) is 5.88 Å². The zero-order valence-corrected chi connectivity index (χ0v) is 12.3. The lowest BCUT2D eigenvalue weighted by Gasteiger charge is -2.05. The highest BCUT2D eigenvalue weighted by atomic mass is 35.5. The summed E-state index contributed by atoms with van der Waals surface area (Å²) in [5, 5.41) is 0. The predicted octanol–water partition coefficient (Wildman–Crippen LogP) is 2.28. The van der Waals surface area contributed by atoms with E-state index in [4.69, 9.17) is 16.3 Å². The van der Waals surface area contributed by atoms with Gasteiger partial charge in [0.1, 0.15) is 4.21 Å². The van der Waals surface area contributed by atoms with Gasteiger partial charge >= 0.3 is 0 Å². The number of methoxy groups -OCH3 is 1. The molecule has 0 bridgehead atoms. The lowest BCUT2D eigenvalue weighted by molar-refractivity contribution is 0.397. The Labute approximate surface area is 120 Å². The van der Waals surface area contributed by atoms with Crippen LogP contribution < -0.4 is 9.46 Å². The molecule has 0 fully saturated rings. The fourth-order valence-electron chi connectivity index (χ4n) is 1.33. The summed E-state index contributed by atoms with van der Waals surface area (Å²) in [5.74, 6) is 0.483. The number of pyridine rings is 1. The summed E-state index contributed by atoms with van der Waals surface area (Å²) in [6, 6.07) is 6.44. The lowest BCUT2D eigenvalue weighted by Crippen LogP contribution is -2.22. The van der Waals surface area contributed by atoms with E-state index in [1.165, 1.54) is 13.2 Å². The first-order valence-corrected chi connectivity index (χ1v) is 7.93. The van der Waals surface area contributed by atoms with E-state index in [9.17, 15) is 8.42 Å². The Hall–Kier alpha value is -1.15. The predicted molar refractivity (Wildman–Crippen MR) is 74.1 cm³/mol. The SMILES string of the molecule is COc1ccc(CNS(=O)(=O)c2ccc(Cl)s2)cn1. The molecule has 0 atom stereocenters. The number of nitrogens with one attached hydrogen (secondary N) is 1. The summed E-state index contributed by atoms with van der Waals surface area (Å²) in [6.07, 6.45) is 1.56. The molecule has 19 heavy (non-hydrogen) atoms. The summed E-state index contributed by atoms with van der Waals surface area (Å²) in [6.45, 7) is 0.162. The minimum Gasteiger partial charge on any atom is -0.481 e. The van der Waals surface area contributed by atoms with E-state index in [1.807, 2.05) is 0 Å². The number of aromatic nitrogens is 1. The summed E-state index contributed by atoms with van der Waals surface area (Å²) in [4.78, 5) is 4.00. The van der Waals surface area contributed by atoms with Gasteiger partial charge in [0.2, 0.25) is 15.9 Å². The van der Waals surface area contributed by atoms with Gasteiger partial charge in [-0.05, 0) is 17.7 Å². The topological polar surface area (TPSA) is 68.3 Å². The molecule has 0 saturated carbocycles. The molecular formula is C11H11ClN2O3S2. The van der Waals surface area contributed by atoms with Gasteiger partial charge in [-0.3, -0.25) is 0 Å². The van der Waals surface area contributed by atoms with Gasteiger partial charge in [0.15, 0.2) is 0 Å². The Bertz CT molecular complexity index is 653. The van der Waals surface area contributed by atoms with Gasteiger partial charge in [0, 0.05) is 18.8 Å². The Morgan fingerprint density at radius 1 is 1.37 bits per heavy atom. The van der Waals surface area contributed by atoms with Crippen LogP contribution in [0.4, 0.5) is 0 Å². The van der Waals surface area contributed by atoms with Crippen molar-refractivity contribution in [1.29, 1.82) is 0 Å². The molecule has 0 unspecified atom stereocenters. The van der Waals surface area contributed by atoms with E-state index in [1.54, 1.807) is 24.4 Å². The first-order valence-electron chi connectivity index (χ1n) is 5.25. The van der Waals surface area contributed by atoms with Crippen LogP contribution in [-0.2, 0) is 16.6 Å². The maximum Gasteiger partial charge on any atom is 0.250 e. The molecule has 102 valence electrons. The average Bonchev–Trinajstić information content (AvgIpc) is 2.85. The van der Waals surface area contributed by atoms with E-state index < -0.39 is 10.0 Å². The van der Waals surface area contributed by atoms with Crippen molar-refractivity contribution in [3.05, 3.63) is 40.4 Å². The Morgan fingerprint density at radius 3 is 2.68 bits per heavy atom. The van der Waals surface area contributed by atoms with Crippen LogP contribution in [0.15, 0.2) is 34.7 Å². The highest BCUT2D eigenvalue weighted by molar-refractivity contribution is 7.91. The molecule has 0 saturated heterocycles. The van der Waals surface area contributed by atoms with Crippen LogP contribution >= 0.6 is 22.9 Å². The molecule has 0 aliphatic rings. The van der Waals surface area contributed by atoms with Crippen molar-refractivity contribution in [1.82, 2.24) is 9.71 Å². The number of sulfonamides is 1. The average molecular weight is 319 g/mol. The molecule has 5 nitrogen and oxygen atoms in total. The number of rotatable bonds is 5. The molecule has 1 N–H and O–H groups in total. The molecule has 0 radical (unpaired) electrons. The van der Waals surface area contributed by atoms with Gasteiger partial charge in [-0.15, -0.1) is 11.3 Å². The largest absolute Gasteiger partial charge is 0.481 e. The standard InChI is InChI=1S/C11H11ClN2O3S2/c1-17-10-4-2-8(6-13-10)7-14-19(15,16)11-5-3-9(12)18-11/h2-6,14H,7H2,1H3. The van der Waals surface area contributed by atoms with Crippen LogP contribution in [0.3, 0.4) is 0 Å². The number of halogens is 1. The first kappa shape index (κ1) is 14.3. The third kappa shape index (κ3) is 3.66. The lowest BCUT2D eigenvalue weighted by atomic mass is 10.3. The Kier molecular flexibility index (Phi) is 4.41. The molecule has 2 heterocycles. The summed E-state index contributed by atoms with van der Waals surface area (Å²) >= 11 is 6.73. The van der Waals surface area contributed by atoms with Crippen molar-refractivity contribution in [2.24, 2.45) is 0 Å². The molecule has 2 rings (SSSR count). The second kappa shape index (κ2) is 5.87. The van der Waals surface area contributed by atoms with Gasteiger partial charge in [-0.25, -0.2) is 18.1 Å². The number of nitrogens with zero attached hydrogens (tertiary/aromatic N) is 1. The van der Waals surface area contributed by atoms with E-state index in [0.29, 0.717) is 10.2 Å². The molecule has 0 aliphatic heterocycles. The minimum absolute atomic E-state index is 0.162. The molecule has 2 aromatic rings. The fraction of sp³-hybridized carbons (Fsp3) is 0.182. The molecule has 0 amide bonds. The summed E-state index contributed by atoms with van der Waals surface area (Å²) in [7, 11) is -2.01. The van der Waals surface area contributed by atoms with E-state index in [-0.39, 0.29) is 10.8 Å². The molecule has 0 aromatic carbocycles. The van der Waals surface area contributed by atoms with E-state index in [2.05, 4.69) is 9.71 Å². The maximum absolute atomic E-state index is 11.9. The quantitative estimate of drug-likeness (QED) is 0.918. The zero-order valence-electron chi connectivity index (χ0n) is 9.96. The van der Waals surface area contributed by atoms with Crippen molar-refractivity contribution < 1.29 is 13.2 Å². The van der Waals surface area contributed by atoms with Crippen LogP contribution in [0, 0.1) is 0 Å². The number of hydrogen-bond donors (Lipinski definition) is 1. The van der Waals surface area contributed by atoms with Crippen molar-refractivity contribution >= 4 is 33.0 Å². The van der Waals surface area contributed by atoms with Crippen LogP contribution in [-0.4, -0.2) is 20.5 Å². The van der Waals surface area contributed by atoms with Crippen LogP contribution in [0.25, 0.3) is 0 Å². The highest BCUT2D eigenvalue weighted by Crippen LogP contribution is 2.25. The number of ether oxygens (including phenoxy) is 1. The van der Waals surface area contributed by atoms with Crippen molar-refractivity contribution in [3.63, 3.8) is 0 Å². The molecule has 2 aromatic heterocycles. The first-order chi connectivity index (χ1) is 9.01. The highest BCUT2D eigenvalue weighted by Gasteiger charge is 2.16. The Balaban J connectivity index is 2.05. The number of thiophene rings is 1. The van der Waals surface area contributed by atoms with Crippen molar-refractivity contribution in [2.45, 2.75) is 10.8 Å². The fourth-order valence-corrected chi connectivity index (χ4v) is 3.87. The van der Waals surface area contributed by atoms with Crippen LogP contribution in [0.5, 0.6) is 5.88 Å². The number of hydrogen-bond acceptors (Lipinski definition) is 5. The van der Waals surface area contributed by atoms with Gasteiger partial charge in [-0.2, -0.15) is 0 Å². The molecule has 0 spiro atoms. The van der Waals surface area contributed by atoms with Gasteiger partial charge < -0.3 is 4.74 Å². The monoisotopic (exact) mass is 318 g/mol. The molecule has 8 heteroatoms. The minimum atomic E-state index is -3.53. The third-order valence-corrected chi connectivity index (χ3v) is 5.41. The van der Waals surface area contributed by atoms with E-state index in [0.717, 1.165) is 16.9 Å². The summed E-state index contributed by atoms with van der Waals surface area (Å²) < 4.78 is 31.9. The second-order valence-electron chi connectivity index (χ2n) is 3.59. The van der Waals surface area contributed by atoms with E-state index >= 15 is 0 Å². The Morgan fingerprint density at radius 2 is 2.16 bits per heavy atom. The molecule has 0 aliphatic carbocycles. The van der Waals surface area contributed by atoms with Gasteiger partial charge in [0.25, 0.3) is 0 Å². The smallest absolute Gasteiger partial charge is 0.250 e.